The fraction of sp³-hybridized carbons (Fsp3) is 0.556. The average molecular weight is 197 g/mol. The molecule has 5 nitrogen and oxygen atoms in total. The number of carboxylic acid groups (broad SMARTS) is 1. The van der Waals surface area contributed by atoms with Gasteiger partial charge < -0.3 is 15.0 Å². The number of nitrogens with zero attached hydrogens (tertiary/aromatic N) is 2. The number of carbonyl (C=O) groups is 1. The van der Waals surface area contributed by atoms with Gasteiger partial charge in [-0.2, -0.15) is 0 Å². The number of imidazole rings is 1. The Bertz CT molecular complexity index is 331. The summed E-state index contributed by atoms with van der Waals surface area (Å²) < 4.78 is 1.81. The Morgan fingerprint density at radius 1 is 1.71 bits per heavy atom. The van der Waals surface area contributed by atoms with E-state index in [2.05, 4.69) is 10.3 Å². The second-order valence-electron chi connectivity index (χ2n) is 3.29. The summed E-state index contributed by atoms with van der Waals surface area (Å²) in [6.45, 7) is 6.63. The minimum atomic E-state index is -0.997. The first-order chi connectivity index (χ1) is 6.56. The van der Waals surface area contributed by atoms with Gasteiger partial charge in [0.05, 0.1) is 0 Å². The number of hydrogen-bond donors (Lipinski definition) is 2. The molecular weight excluding hydrogens is 182 g/mol. The van der Waals surface area contributed by atoms with Crippen molar-refractivity contribution in [3.8, 4) is 0 Å². The van der Waals surface area contributed by atoms with Crippen LogP contribution in [0.1, 0.15) is 37.3 Å². The van der Waals surface area contributed by atoms with Gasteiger partial charge in [0.15, 0.2) is 5.69 Å². The van der Waals surface area contributed by atoms with Crippen molar-refractivity contribution in [2.45, 2.75) is 26.8 Å². The first kappa shape index (κ1) is 10.6. The highest BCUT2D eigenvalue weighted by Crippen LogP contribution is 2.15. The van der Waals surface area contributed by atoms with E-state index in [4.69, 9.17) is 5.11 Å². The highest BCUT2D eigenvalue weighted by atomic mass is 16.4. The molecule has 0 atom stereocenters. The van der Waals surface area contributed by atoms with E-state index in [1.54, 1.807) is 6.20 Å². The van der Waals surface area contributed by atoms with Crippen LogP contribution in [0.2, 0.25) is 0 Å². The van der Waals surface area contributed by atoms with Crippen LogP contribution in [0.25, 0.3) is 0 Å². The van der Waals surface area contributed by atoms with E-state index < -0.39 is 5.97 Å². The summed E-state index contributed by atoms with van der Waals surface area (Å²) in [5.41, 5.74) is 0.0784. The Labute approximate surface area is 82.8 Å². The Morgan fingerprint density at radius 2 is 2.36 bits per heavy atom. The smallest absolute Gasteiger partial charge is 0.356 e. The Morgan fingerprint density at radius 3 is 2.79 bits per heavy atom. The predicted octanol–water partition coefficient (Wildman–Crippen LogP) is 1.59. The minimum Gasteiger partial charge on any atom is -0.476 e. The second kappa shape index (κ2) is 4.13. The molecule has 0 fully saturated rings. The standard InChI is InChI=1S/C9H15N3O2/c1-4-10-9-11-7(8(13)14)5-12(9)6(2)3/h5-6H,4H2,1-3H3,(H,10,11)(H,13,14). The molecule has 0 aliphatic heterocycles. The zero-order valence-electron chi connectivity index (χ0n) is 8.61. The molecule has 14 heavy (non-hydrogen) atoms. The first-order valence-electron chi connectivity index (χ1n) is 4.62. The molecule has 0 aromatic carbocycles. The normalized spacial score (nSPS) is 10.6. The van der Waals surface area contributed by atoms with Crippen LogP contribution in [0, 0.1) is 0 Å². The van der Waals surface area contributed by atoms with Gasteiger partial charge in [0, 0.05) is 18.8 Å². The van der Waals surface area contributed by atoms with Gasteiger partial charge >= 0.3 is 5.97 Å². The Hall–Kier alpha value is -1.52. The van der Waals surface area contributed by atoms with Crippen molar-refractivity contribution < 1.29 is 9.90 Å². The van der Waals surface area contributed by atoms with Crippen LogP contribution in [-0.2, 0) is 0 Å². The quantitative estimate of drug-likeness (QED) is 0.769. The minimum absolute atomic E-state index is 0.0784. The molecule has 0 saturated carbocycles. The molecular formula is C9H15N3O2. The molecule has 78 valence electrons. The van der Waals surface area contributed by atoms with Crippen LogP contribution in [0.5, 0.6) is 0 Å². The molecule has 0 amide bonds. The SMILES string of the molecule is CCNc1nc(C(=O)O)cn1C(C)C. The third-order valence-corrected chi connectivity index (χ3v) is 1.84. The molecule has 0 radical (unpaired) electrons. The summed E-state index contributed by atoms with van der Waals surface area (Å²) in [6, 6.07) is 0.199. The van der Waals surface area contributed by atoms with Gasteiger partial charge in [0.25, 0.3) is 0 Å². The maximum atomic E-state index is 10.7. The fourth-order valence-corrected chi connectivity index (χ4v) is 1.18. The van der Waals surface area contributed by atoms with Crippen molar-refractivity contribution >= 4 is 11.9 Å². The van der Waals surface area contributed by atoms with Crippen LogP contribution >= 0.6 is 0 Å². The molecule has 0 unspecified atom stereocenters. The molecule has 0 aliphatic rings. The molecule has 0 aliphatic carbocycles. The van der Waals surface area contributed by atoms with E-state index in [-0.39, 0.29) is 11.7 Å². The van der Waals surface area contributed by atoms with Crippen LogP contribution < -0.4 is 5.32 Å². The van der Waals surface area contributed by atoms with Gasteiger partial charge in [-0.1, -0.05) is 0 Å². The molecule has 0 spiro atoms. The number of aromatic nitrogens is 2. The van der Waals surface area contributed by atoms with Crippen molar-refractivity contribution in [3.63, 3.8) is 0 Å². The van der Waals surface area contributed by atoms with E-state index in [0.717, 1.165) is 6.54 Å². The van der Waals surface area contributed by atoms with Crippen molar-refractivity contribution in [3.05, 3.63) is 11.9 Å². The number of anilines is 1. The van der Waals surface area contributed by atoms with Crippen LogP contribution in [-0.4, -0.2) is 27.2 Å². The topological polar surface area (TPSA) is 67.2 Å². The van der Waals surface area contributed by atoms with E-state index in [1.165, 1.54) is 0 Å². The summed E-state index contributed by atoms with van der Waals surface area (Å²) in [6.07, 6.45) is 1.55. The number of rotatable bonds is 4. The largest absolute Gasteiger partial charge is 0.476 e. The molecule has 5 heteroatoms. The number of aromatic carboxylic acids is 1. The maximum Gasteiger partial charge on any atom is 0.356 e. The maximum absolute atomic E-state index is 10.7. The van der Waals surface area contributed by atoms with Crippen molar-refractivity contribution in [2.24, 2.45) is 0 Å². The third kappa shape index (κ3) is 2.04. The zero-order chi connectivity index (χ0) is 10.7. The summed E-state index contributed by atoms with van der Waals surface area (Å²) in [4.78, 5) is 14.7. The summed E-state index contributed by atoms with van der Waals surface area (Å²) in [5.74, 6) is -0.386. The highest BCUT2D eigenvalue weighted by Gasteiger charge is 2.13. The van der Waals surface area contributed by atoms with Gasteiger partial charge in [0.1, 0.15) is 0 Å². The number of hydrogen-bond acceptors (Lipinski definition) is 3. The molecule has 0 bridgehead atoms. The molecule has 0 saturated heterocycles. The lowest BCUT2D eigenvalue weighted by Gasteiger charge is -2.10. The van der Waals surface area contributed by atoms with Crippen LogP contribution in [0.4, 0.5) is 5.95 Å². The van der Waals surface area contributed by atoms with Crippen molar-refractivity contribution in [1.82, 2.24) is 9.55 Å². The van der Waals surface area contributed by atoms with Gasteiger partial charge in [-0.15, -0.1) is 0 Å². The number of nitrogens with one attached hydrogen (secondary N) is 1. The molecule has 1 heterocycles. The second-order valence-corrected chi connectivity index (χ2v) is 3.29. The van der Waals surface area contributed by atoms with Gasteiger partial charge in [-0.05, 0) is 20.8 Å². The highest BCUT2D eigenvalue weighted by molar-refractivity contribution is 5.85. The van der Waals surface area contributed by atoms with Gasteiger partial charge in [-0.3, -0.25) is 0 Å². The fourth-order valence-electron chi connectivity index (χ4n) is 1.18. The van der Waals surface area contributed by atoms with E-state index >= 15 is 0 Å². The van der Waals surface area contributed by atoms with Gasteiger partial charge in [0.2, 0.25) is 5.95 Å². The lowest BCUT2D eigenvalue weighted by molar-refractivity contribution is 0.0691. The van der Waals surface area contributed by atoms with Crippen LogP contribution in [0.3, 0.4) is 0 Å². The zero-order valence-corrected chi connectivity index (χ0v) is 8.61. The average Bonchev–Trinajstić information content (AvgIpc) is 2.49. The monoisotopic (exact) mass is 197 g/mol. The Balaban J connectivity index is 3.05. The Kier molecular flexibility index (Phi) is 3.11. The van der Waals surface area contributed by atoms with Gasteiger partial charge in [-0.25, -0.2) is 9.78 Å². The first-order valence-corrected chi connectivity index (χ1v) is 4.62. The summed E-state index contributed by atoms with van der Waals surface area (Å²) >= 11 is 0. The molecule has 2 N–H and O–H groups in total. The third-order valence-electron chi connectivity index (χ3n) is 1.84. The van der Waals surface area contributed by atoms with E-state index in [9.17, 15) is 4.79 Å². The lowest BCUT2D eigenvalue weighted by Crippen LogP contribution is -2.07. The van der Waals surface area contributed by atoms with E-state index in [0.29, 0.717) is 5.95 Å². The van der Waals surface area contributed by atoms with E-state index in [1.807, 2.05) is 25.3 Å². The lowest BCUT2D eigenvalue weighted by atomic mass is 10.4. The predicted molar refractivity (Wildman–Crippen MR) is 53.7 cm³/mol. The van der Waals surface area contributed by atoms with Crippen LogP contribution in [0.15, 0.2) is 6.20 Å². The molecule has 1 aromatic heterocycles. The van der Waals surface area contributed by atoms with Crippen molar-refractivity contribution in [1.29, 1.82) is 0 Å². The summed E-state index contributed by atoms with van der Waals surface area (Å²) in [7, 11) is 0. The number of carboxylic acids is 1. The summed E-state index contributed by atoms with van der Waals surface area (Å²) in [5, 5.41) is 11.8. The molecule has 1 rings (SSSR count). The van der Waals surface area contributed by atoms with Crippen molar-refractivity contribution in [2.75, 3.05) is 11.9 Å². The molecule has 1 aromatic rings.